The summed E-state index contributed by atoms with van der Waals surface area (Å²) in [5.41, 5.74) is 0.716. The van der Waals surface area contributed by atoms with Crippen molar-refractivity contribution < 1.29 is 5.11 Å². The molecule has 1 heterocycles. The lowest BCUT2D eigenvalue weighted by Crippen LogP contribution is -2.48. The van der Waals surface area contributed by atoms with Gasteiger partial charge in [-0.05, 0) is 32.7 Å². The minimum atomic E-state index is -0.152. The van der Waals surface area contributed by atoms with E-state index in [1.165, 1.54) is 0 Å². The largest absolute Gasteiger partial charge is 0.394 e. The van der Waals surface area contributed by atoms with Crippen molar-refractivity contribution in [2.24, 2.45) is 0 Å². The van der Waals surface area contributed by atoms with E-state index in [9.17, 15) is 5.11 Å². The minimum Gasteiger partial charge on any atom is -0.394 e. The van der Waals surface area contributed by atoms with Crippen molar-refractivity contribution in [1.29, 1.82) is 0 Å². The Morgan fingerprint density at radius 2 is 2.22 bits per heavy atom. The van der Waals surface area contributed by atoms with Gasteiger partial charge in [0.25, 0.3) is 0 Å². The number of hydrogen-bond donors (Lipinski definition) is 2. The highest BCUT2D eigenvalue weighted by atomic mass is 35.5. The van der Waals surface area contributed by atoms with E-state index in [1.54, 1.807) is 0 Å². The van der Waals surface area contributed by atoms with Crippen LogP contribution in [0.1, 0.15) is 38.8 Å². The number of hydrogen-bond acceptors (Lipinski definition) is 3. The van der Waals surface area contributed by atoms with Crippen LogP contribution in [-0.2, 0) is 6.54 Å². The smallest absolute Gasteiger partial charge is 0.0814 e. The highest BCUT2D eigenvalue weighted by Gasteiger charge is 2.25. The summed E-state index contributed by atoms with van der Waals surface area (Å²) in [6, 6.07) is 0. The Morgan fingerprint density at radius 3 is 2.67 bits per heavy atom. The molecule has 0 amide bonds. The van der Waals surface area contributed by atoms with Crippen LogP contribution in [0, 0.1) is 6.92 Å². The zero-order chi connectivity index (χ0) is 13.6. The van der Waals surface area contributed by atoms with Gasteiger partial charge in [0, 0.05) is 18.3 Å². The molecule has 18 heavy (non-hydrogen) atoms. The fourth-order valence-corrected chi connectivity index (χ4v) is 2.35. The first-order valence-electron chi connectivity index (χ1n) is 6.62. The van der Waals surface area contributed by atoms with Gasteiger partial charge < -0.3 is 10.4 Å². The van der Waals surface area contributed by atoms with Crippen molar-refractivity contribution in [2.75, 3.05) is 13.2 Å². The molecule has 0 fully saturated rings. The van der Waals surface area contributed by atoms with Crippen LogP contribution >= 0.6 is 11.6 Å². The fourth-order valence-electron chi connectivity index (χ4n) is 2.20. The van der Waals surface area contributed by atoms with E-state index in [2.05, 4.69) is 24.3 Å². The second-order valence-corrected chi connectivity index (χ2v) is 5.16. The molecule has 1 aromatic rings. The maximum absolute atomic E-state index is 9.55. The predicted octanol–water partition coefficient (Wildman–Crippen LogP) is 2.38. The summed E-state index contributed by atoms with van der Waals surface area (Å²) in [5.74, 6) is 0. The molecular formula is C13H24ClN3O. The van der Waals surface area contributed by atoms with E-state index in [0.717, 1.165) is 38.0 Å². The Bertz CT molecular complexity index is 342. The second-order valence-electron chi connectivity index (χ2n) is 4.75. The lowest BCUT2D eigenvalue weighted by Gasteiger charge is -2.31. The summed E-state index contributed by atoms with van der Waals surface area (Å²) in [6.45, 7) is 7.96. The lowest BCUT2D eigenvalue weighted by atomic mass is 9.91. The number of likely N-dealkylation sites (N-methyl/N-ethyl adjacent to an activating group) is 1. The quantitative estimate of drug-likeness (QED) is 0.765. The molecule has 104 valence electrons. The maximum atomic E-state index is 9.55. The summed E-state index contributed by atoms with van der Waals surface area (Å²) in [5, 5.41) is 18.0. The lowest BCUT2D eigenvalue weighted by molar-refractivity contribution is 0.144. The first kappa shape index (κ1) is 15.5. The van der Waals surface area contributed by atoms with E-state index in [4.69, 9.17) is 11.6 Å². The van der Waals surface area contributed by atoms with Crippen LogP contribution in [0.2, 0.25) is 5.02 Å². The molecule has 2 N–H and O–H groups in total. The average molecular weight is 274 g/mol. The number of aliphatic hydroxyl groups is 1. The van der Waals surface area contributed by atoms with Gasteiger partial charge in [-0.15, -0.1) is 0 Å². The molecule has 1 atom stereocenters. The van der Waals surface area contributed by atoms with Gasteiger partial charge in [0.1, 0.15) is 0 Å². The van der Waals surface area contributed by atoms with Gasteiger partial charge >= 0.3 is 0 Å². The summed E-state index contributed by atoms with van der Waals surface area (Å²) < 4.78 is 1.88. The van der Waals surface area contributed by atoms with Gasteiger partial charge in [-0.2, -0.15) is 5.10 Å². The molecule has 1 aromatic heterocycles. The third-order valence-corrected chi connectivity index (χ3v) is 3.83. The van der Waals surface area contributed by atoms with E-state index in [-0.39, 0.29) is 12.1 Å². The molecule has 0 aliphatic carbocycles. The molecule has 0 aliphatic rings. The molecule has 0 aromatic carbocycles. The van der Waals surface area contributed by atoms with Gasteiger partial charge in [-0.3, -0.25) is 4.68 Å². The first-order valence-corrected chi connectivity index (χ1v) is 7.00. The maximum Gasteiger partial charge on any atom is 0.0814 e. The molecule has 1 rings (SSSR count). The van der Waals surface area contributed by atoms with Crippen molar-refractivity contribution >= 4 is 11.6 Å². The topological polar surface area (TPSA) is 50.1 Å². The van der Waals surface area contributed by atoms with Gasteiger partial charge in [-0.1, -0.05) is 25.4 Å². The molecule has 0 saturated carbocycles. The molecule has 0 radical (unpaired) electrons. The van der Waals surface area contributed by atoms with E-state index < -0.39 is 0 Å². The standard InChI is InChI=1S/C13H24ClN3O/c1-4-13(10-18,15-5-2)7-6-8-17-9-12(14)11(3)16-17/h9,15,18H,4-8,10H2,1-3H3. The normalized spacial score (nSPS) is 14.7. The van der Waals surface area contributed by atoms with Gasteiger partial charge in [0.2, 0.25) is 0 Å². The highest BCUT2D eigenvalue weighted by molar-refractivity contribution is 6.31. The number of aliphatic hydroxyl groups excluding tert-OH is 1. The Balaban J connectivity index is 2.48. The zero-order valence-electron chi connectivity index (χ0n) is 11.5. The van der Waals surface area contributed by atoms with E-state index >= 15 is 0 Å². The van der Waals surface area contributed by atoms with Crippen LogP contribution in [0.15, 0.2) is 6.20 Å². The molecule has 1 unspecified atom stereocenters. The monoisotopic (exact) mass is 273 g/mol. The molecule has 0 bridgehead atoms. The van der Waals surface area contributed by atoms with Crippen LogP contribution in [0.3, 0.4) is 0 Å². The van der Waals surface area contributed by atoms with Crippen LogP contribution in [0.4, 0.5) is 0 Å². The minimum absolute atomic E-state index is 0.152. The highest BCUT2D eigenvalue weighted by Crippen LogP contribution is 2.18. The third-order valence-electron chi connectivity index (χ3n) is 3.46. The van der Waals surface area contributed by atoms with Crippen LogP contribution in [-0.4, -0.2) is 33.6 Å². The van der Waals surface area contributed by atoms with Crippen molar-refractivity contribution in [1.82, 2.24) is 15.1 Å². The van der Waals surface area contributed by atoms with Crippen LogP contribution < -0.4 is 5.32 Å². The summed E-state index contributed by atoms with van der Waals surface area (Å²) in [7, 11) is 0. The Kier molecular flexibility index (Phi) is 6.12. The van der Waals surface area contributed by atoms with Gasteiger partial charge in [0.05, 0.1) is 17.3 Å². The Morgan fingerprint density at radius 1 is 1.50 bits per heavy atom. The Labute approximate surface area is 114 Å². The van der Waals surface area contributed by atoms with Crippen molar-refractivity contribution in [3.05, 3.63) is 16.9 Å². The first-order chi connectivity index (χ1) is 8.56. The van der Waals surface area contributed by atoms with Crippen LogP contribution in [0.25, 0.3) is 0 Å². The van der Waals surface area contributed by atoms with Gasteiger partial charge in [0.15, 0.2) is 0 Å². The number of aryl methyl sites for hydroxylation is 2. The number of halogens is 1. The van der Waals surface area contributed by atoms with Gasteiger partial charge in [-0.25, -0.2) is 0 Å². The fraction of sp³-hybridized carbons (Fsp3) is 0.769. The van der Waals surface area contributed by atoms with E-state index in [1.807, 2.05) is 17.8 Å². The number of nitrogens with one attached hydrogen (secondary N) is 1. The second kappa shape index (κ2) is 7.12. The molecule has 0 spiro atoms. The molecular weight excluding hydrogens is 250 g/mol. The SMILES string of the molecule is CCNC(CC)(CO)CCCn1cc(Cl)c(C)n1. The number of aromatic nitrogens is 2. The molecule has 4 nitrogen and oxygen atoms in total. The number of nitrogens with zero attached hydrogens (tertiary/aromatic N) is 2. The molecule has 0 aliphatic heterocycles. The van der Waals surface area contributed by atoms with Crippen molar-refractivity contribution in [2.45, 2.75) is 52.1 Å². The average Bonchev–Trinajstić information content (AvgIpc) is 2.67. The predicted molar refractivity (Wildman–Crippen MR) is 75.0 cm³/mol. The van der Waals surface area contributed by atoms with Crippen molar-refractivity contribution in [3.63, 3.8) is 0 Å². The number of rotatable bonds is 8. The summed E-state index contributed by atoms with van der Waals surface area (Å²) in [4.78, 5) is 0. The van der Waals surface area contributed by atoms with Crippen molar-refractivity contribution in [3.8, 4) is 0 Å². The van der Waals surface area contributed by atoms with E-state index in [0.29, 0.717) is 5.02 Å². The molecule has 5 heteroatoms. The third kappa shape index (κ3) is 3.97. The summed E-state index contributed by atoms with van der Waals surface area (Å²) in [6.07, 6.45) is 4.69. The Hall–Kier alpha value is -0.580. The molecule has 0 saturated heterocycles. The van der Waals surface area contributed by atoms with Crippen LogP contribution in [0.5, 0.6) is 0 Å². The zero-order valence-corrected chi connectivity index (χ0v) is 12.3. The summed E-state index contributed by atoms with van der Waals surface area (Å²) >= 11 is 5.97.